The van der Waals surface area contributed by atoms with Crippen LogP contribution in [0.25, 0.3) is 0 Å². The molecule has 0 spiro atoms. The lowest BCUT2D eigenvalue weighted by molar-refractivity contribution is -0.111. The van der Waals surface area contributed by atoms with Crippen LogP contribution in [0.15, 0.2) is 11.6 Å². The first-order valence-electron chi connectivity index (χ1n) is 7.81. The molecule has 0 aliphatic heterocycles. The van der Waals surface area contributed by atoms with Crippen molar-refractivity contribution < 1.29 is 0 Å². The van der Waals surface area contributed by atoms with Gasteiger partial charge in [-0.25, -0.2) is 0 Å². The second kappa shape index (κ2) is 4.12. The summed E-state index contributed by atoms with van der Waals surface area (Å²) in [7, 11) is 0. The van der Waals surface area contributed by atoms with E-state index in [1.54, 1.807) is 5.57 Å². The average Bonchev–Trinajstić information content (AvgIpc) is 2.26. The van der Waals surface area contributed by atoms with E-state index in [-0.39, 0.29) is 0 Å². The predicted molar refractivity (Wildman–Crippen MR) is 80.5 cm³/mol. The molecule has 18 heavy (non-hydrogen) atoms. The molecule has 0 aromatic carbocycles. The van der Waals surface area contributed by atoms with Gasteiger partial charge in [-0.2, -0.15) is 0 Å². The molecule has 0 N–H and O–H groups in total. The summed E-state index contributed by atoms with van der Waals surface area (Å²) in [5.74, 6) is 1.71. The summed E-state index contributed by atoms with van der Waals surface area (Å²) in [6.45, 7) is 17.4. The van der Waals surface area contributed by atoms with E-state index in [0.29, 0.717) is 16.2 Å². The SMILES string of the molecule is CC1=CCCC2C1(C)CCC(C)C2(C)C(C)(C)C. The Kier molecular flexibility index (Phi) is 3.24. The molecule has 0 heterocycles. The Labute approximate surface area is 114 Å². The number of fused-ring (bicyclic) bond motifs is 1. The van der Waals surface area contributed by atoms with Crippen molar-refractivity contribution in [3.8, 4) is 0 Å². The molecule has 2 aliphatic rings. The number of allylic oxidation sites excluding steroid dienone is 2. The Morgan fingerprint density at radius 1 is 1.17 bits per heavy atom. The quantitative estimate of drug-likeness (QED) is 0.473. The fourth-order valence-corrected chi connectivity index (χ4v) is 5.05. The van der Waals surface area contributed by atoms with Crippen molar-refractivity contribution in [2.45, 2.75) is 74.1 Å². The molecule has 1 saturated carbocycles. The van der Waals surface area contributed by atoms with Crippen molar-refractivity contribution in [3.05, 3.63) is 11.6 Å². The Morgan fingerprint density at radius 3 is 2.33 bits per heavy atom. The third-order valence-corrected chi connectivity index (χ3v) is 7.04. The molecule has 0 radical (unpaired) electrons. The summed E-state index contributed by atoms with van der Waals surface area (Å²) in [5.41, 5.74) is 3.00. The van der Waals surface area contributed by atoms with E-state index in [9.17, 15) is 0 Å². The molecule has 0 aromatic rings. The van der Waals surface area contributed by atoms with Crippen LogP contribution in [0.4, 0.5) is 0 Å². The van der Waals surface area contributed by atoms with Gasteiger partial charge in [0.05, 0.1) is 0 Å². The Morgan fingerprint density at radius 2 is 1.78 bits per heavy atom. The minimum Gasteiger partial charge on any atom is -0.0850 e. The minimum absolute atomic E-state index is 0.399. The molecular weight excluding hydrogens is 216 g/mol. The zero-order valence-electron chi connectivity index (χ0n) is 13.6. The zero-order chi connectivity index (χ0) is 13.8. The first-order valence-corrected chi connectivity index (χ1v) is 7.81. The standard InChI is InChI=1S/C18H32/c1-13-9-8-10-15-17(13,6)12-11-14(2)18(15,7)16(3,4)5/h9,14-15H,8,10-12H2,1-7H3. The van der Waals surface area contributed by atoms with E-state index >= 15 is 0 Å². The van der Waals surface area contributed by atoms with Crippen molar-refractivity contribution >= 4 is 0 Å². The topological polar surface area (TPSA) is 0 Å². The lowest BCUT2D eigenvalue weighted by Gasteiger charge is -2.62. The normalized spacial score (nSPS) is 45.4. The molecule has 0 aromatic heterocycles. The molecule has 0 amide bonds. The monoisotopic (exact) mass is 248 g/mol. The molecule has 1 fully saturated rings. The fourth-order valence-electron chi connectivity index (χ4n) is 5.05. The highest BCUT2D eigenvalue weighted by Gasteiger charge is 2.57. The maximum atomic E-state index is 2.58. The number of hydrogen-bond acceptors (Lipinski definition) is 0. The van der Waals surface area contributed by atoms with Crippen molar-refractivity contribution in [3.63, 3.8) is 0 Å². The summed E-state index contributed by atoms with van der Waals surface area (Å²) < 4.78 is 0. The van der Waals surface area contributed by atoms with Crippen LogP contribution in [-0.2, 0) is 0 Å². The summed E-state index contributed by atoms with van der Waals surface area (Å²) in [4.78, 5) is 0. The summed E-state index contributed by atoms with van der Waals surface area (Å²) >= 11 is 0. The van der Waals surface area contributed by atoms with E-state index in [4.69, 9.17) is 0 Å². The molecule has 4 unspecified atom stereocenters. The number of hydrogen-bond donors (Lipinski definition) is 0. The highest BCUT2D eigenvalue weighted by molar-refractivity contribution is 5.21. The van der Waals surface area contributed by atoms with Crippen LogP contribution in [0.2, 0.25) is 0 Å². The third kappa shape index (κ3) is 1.71. The highest BCUT2D eigenvalue weighted by atomic mass is 14.6. The van der Waals surface area contributed by atoms with Gasteiger partial charge in [0.25, 0.3) is 0 Å². The molecule has 0 heteroatoms. The Bertz CT molecular complexity index is 357. The van der Waals surface area contributed by atoms with Gasteiger partial charge in [-0.3, -0.25) is 0 Å². The molecule has 0 nitrogen and oxygen atoms in total. The minimum atomic E-state index is 0.399. The Balaban J connectivity index is 2.50. The van der Waals surface area contributed by atoms with E-state index in [0.717, 1.165) is 11.8 Å². The van der Waals surface area contributed by atoms with E-state index in [1.165, 1.54) is 25.7 Å². The van der Waals surface area contributed by atoms with Gasteiger partial charge >= 0.3 is 0 Å². The van der Waals surface area contributed by atoms with E-state index in [2.05, 4.69) is 54.5 Å². The molecule has 2 aliphatic carbocycles. The van der Waals surface area contributed by atoms with Crippen LogP contribution in [0, 0.1) is 28.1 Å². The molecule has 0 saturated heterocycles. The van der Waals surface area contributed by atoms with Crippen LogP contribution in [0.3, 0.4) is 0 Å². The third-order valence-electron chi connectivity index (χ3n) is 7.04. The van der Waals surface area contributed by atoms with Gasteiger partial charge in [-0.15, -0.1) is 0 Å². The molecule has 0 bridgehead atoms. The van der Waals surface area contributed by atoms with Crippen LogP contribution in [-0.4, -0.2) is 0 Å². The first kappa shape index (κ1) is 14.2. The second-order valence-electron chi connectivity index (χ2n) is 8.41. The highest BCUT2D eigenvalue weighted by Crippen LogP contribution is 2.65. The van der Waals surface area contributed by atoms with Crippen molar-refractivity contribution in [1.29, 1.82) is 0 Å². The average molecular weight is 248 g/mol. The molecule has 4 atom stereocenters. The fraction of sp³-hybridized carbons (Fsp3) is 0.889. The first-order chi connectivity index (χ1) is 8.14. The smallest absolute Gasteiger partial charge is 0.00852 e. The predicted octanol–water partition coefficient (Wildman–Crippen LogP) is 5.83. The molecule has 2 rings (SSSR count). The van der Waals surface area contributed by atoms with Gasteiger partial charge in [0.2, 0.25) is 0 Å². The van der Waals surface area contributed by atoms with Crippen molar-refractivity contribution in [2.24, 2.45) is 28.1 Å². The lowest BCUT2D eigenvalue weighted by Crippen LogP contribution is -2.55. The summed E-state index contributed by atoms with van der Waals surface area (Å²) in [5, 5.41) is 0. The number of rotatable bonds is 0. The van der Waals surface area contributed by atoms with Crippen LogP contribution < -0.4 is 0 Å². The van der Waals surface area contributed by atoms with E-state index in [1.807, 2.05) is 0 Å². The second-order valence-corrected chi connectivity index (χ2v) is 8.41. The van der Waals surface area contributed by atoms with Gasteiger partial charge in [0, 0.05) is 0 Å². The van der Waals surface area contributed by atoms with Crippen LogP contribution in [0.1, 0.15) is 74.1 Å². The summed E-state index contributed by atoms with van der Waals surface area (Å²) in [6, 6.07) is 0. The maximum Gasteiger partial charge on any atom is -0.00852 e. The van der Waals surface area contributed by atoms with Gasteiger partial charge in [-0.05, 0) is 60.7 Å². The van der Waals surface area contributed by atoms with Crippen molar-refractivity contribution in [1.82, 2.24) is 0 Å². The van der Waals surface area contributed by atoms with Crippen LogP contribution in [0.5, 0.6) is 0 Å². The van der Waals surface area contributed by atoms with Gasteiger partial charge < -0.3 is 0 Å². The van der Waals surface area contributed by atoms with E-state index < -0.39 is 0 Å². The van der Waals surface area contributed by atoms with Crippen LogP contribution >= 0.6 is 0 Å². The maximum absolute atomic E-state index is 2.58. The van der Waals surface area contributed by atoms with Gasteiger partial charge in [0.15, 0.2) is 0 Å². The van der Waals surface area contributed by atoms with Gasteiger partial charge in [0.1, 0.15) is 0 Å². The molecule has 104 valence electrons. The lowest BCUT2D eigenvalue weighted by atomic mass is 9.42. The largest absolute Gasteiger partial charge is 0.0850 e. The Hall–Kier alpha value is -0.260. The zero-order valence-corrected chi connectivity index (χ0v) is 13.6. The van der Waals surface area contributed by atoms with Gasteiger partial charge in [-0.1, -0.05) is 53.2 Å². The summed E-state index contributed by atoms with van der Waals surface area (Å²) in [6.07, 6.45) is 7.99. The van der Waals surface area contributed by atoms with Crippen molar-refractivity contribution in [2.75, 3.05) is 0 Å². The molecular formula is C18H32.